The molecule has 6 heteroatoms. The summed E-state index contributed by atoms with van der Waals surface area (Å²) in [6.45, 7) is 1.17. The molecule has 1 fully saturated rings. The van der Waals surface area contributed by atoms with Crippen molar-refractivity contribution < 1.29 is 18.0 Å². The SMILES string of the molecule is O=C(NCCCCC(F)(F)F)[C@@H]1CCCN1. The zero-order valence-electron chi connectivity index (χ0n) is 9.07. The second-order valence-electron chi connectivity index (χ2n) is 4.01. The topological polar surface area (TPSA) is 41.1 Å². The summed E-state index contributed by atoms with van der Waals surface area (Å²) in [7, 11) is 0. The Balaban J connectivity index is 2.00. The monoisotopic (exact) mass is 238 g/mol. The van der Waals surface area contributed by atoms with Gasteiger partial charge in [0.05, 0.1) is 6.04 Å². The normalized spacial score (nSPS) is 21.1. The Kier molecular flexibility index (Phi) is 5.05. The second kappa shape index (κ2) is 6.08. The van der Waals surface area contributed by atoms with E-state index in [0.29, 0.717) is 13.0 Å². The quantitative estimate of drug-likeness (QED) is 0.714. The van der Waals surface area contributed by atoms with Crippen LogP contribution in [0, 0.1) is 0 Å². The Morgan fingerprint density at radius 2 is 2.12 bits per heavy atom. The molecule has 0 unspecified atom stereocenters. The van der Waals surface area contributed by atoms with E-state index < -0.39 is 12.6 Å². The summed E-state index contributed by atoms with van der Waals surface area (Å²) in [5.41, 5.74) is 0. The van der Waals surface area contributed by atoms with Gasteiger partial charge < -0.3 is 10.6 Å². The van der Waals surface area contributed by atoms with Gasteiger partial charge in [0.1, 0.15) is 0 Å². The summed E-state index contributed by atoms with van der Waals surface area (Å²) in [6, 6.07) is -0.150. The lowest BCUT2D eigenvalue weighted by atomic mass is 10.2. The number of carbonyl (C=O) groups excluding carboxylic acids is 1. The highest BCUT2D eigenvalue weighted by Crippen LogP contribution is 2.21. The number of nitrogens with one attached hydrogen (secondary N) is 2. The maximum absolute atomic E-state index is 11.8. The molecule has 0 saturated carbocycles. The lowest BCUT2D eigenvalue weighted by Crippen LogP contribution is -2.40. The highest BCUT2D eigenvalue weighted by molar-refractivity contribution is 5.81. The number of hydrogen-bond acceptors (Lipinski definition) is 2. The van der Waals surface area contributed by atoms with E-state index in [0.717, 1.165) is 19.4 Å². The summed E-state index contributed by atoms with van der Waals surface area (Å²) in [6.07, 6.45) is -2.62. The van der Waals surface area contributed by atoms with Crippen LogP contribution < -0.4 is 10.6 Å². The Labute approximate surface area is 92.8 Å². The molecule has 1 rings (SSSR count). The van der Waals surface area contributed by atoms with Gasteiger partial charge in [-0.2, -0.15) is 13.2 Å². The highest BCUT2D eigenvalue weighted by Gasteiger charge is 2.26. The molecule has 2 N–H and O–H groups in total. The van der Waals surface area contributed by atoms with Crippen LogP contribution in [-0.2, 0) is 4.79 Å². The highest BCUT2D eigenvalue weighted by atomic mass is 19.4. The molecule has 1 atom stereocenters. The van der Waals surface area contributed by atoms with Crippen LogP contribution in [0.25, 0.3) is 0 Å². The molecule has 0 spiro atoms. The molecule has 1 amide bonds. The van der Waals surface area contributed by atoms with Crippen LogP contribution in [0.1, 0.15) is 32.1 Å². The molecule has 94 valence electrons. The minimum Gasteiger partial charge on any atom is -0.355 e. The van der Waals surface area contributed by atoms with Crippen molar-refractivity contribution in [1.29, 1.82) is 0 Å². The Hall–Kier alpha value is -0.780. The molecule has 1 saturated heterocycles. The standard InChI is InChI=1S/C10H17F3N2O/c11-10(12,13)5-1-2-6-15-9(16)8-4-3-7-14-8/h8,14H,1-7H2,(H,15,16)/t8-/m0/s1. The summed E-state index contributed by atoms with van der Waals surface area (Å²) < 4.78 is 35.4. The third kappa shape index (κ3) is 5.34. The fourth-order valence-electron chi connectivity index (χ4n) is 1.69. The molecule has 3 nitrogen and oxygen atoms in total. The Morgan fingerprint density at radius 3 is 2.69 bits per heavy atom. The van der Waals surface area contributed by atoms with Gasteiger partial charge >= 0.3 is 6.18 Å². The summed E-state index contributed by atoms with van der Waals surface area (Å²) in [4.78, 5) is 11.4. The van der Waals surface area contributed by atoms with Crippen molar-refractivity contribution in [3.63, 3.8) is 0 Å². The van der Waals surface area contributed by atoms with E-state index in [1.165, 1.54) is 0 Å². The number of halogens is 3. The van der Waals surface area contributed by atoms with E-state index in [1.807, 2.05) is 0 Å². The third-order valence-electron chi connectivity index (χ3n) is 2.56. The zero-order valence-corrected chi connectivity index (χ0v) is 9.07. The van der Waals surface area contributed by atoms with Crippen molar-refractivity contribution in [3.8, 4) is 0 Å². The Bertz CT molecular complexity index is 225. The molecule has 0 aromatic heterocycles. The van der Waals surface area contributed by atoms with Crippen LogP contribution in [0.4, 0.5) is 13.2 Å². The van der Waals surface area contributed by atoms with Crippen LogP contribution in [0.5, 0.6) is 0 Å². The van der Waals surface area contributed by atoms with Crippen LogP contribution in [0.2, 0.25) is 0 Å². The average molecular weight is 238 g/mol. The van der Waals surface area contributed by atoms with Crippen LogP contribution in [0.3, 0.4) is 0 Å². The summed E-state index contributed by atoms with van der Waals surface area (Å²) in [5, 5.41) is 5.67. The van der Waals surface area contributed by atoms with Crippen molar-refractivity contribution in [2.75, 3.05) is 13.1 Å². The molecule has 0 radical (unpaired) electrons. The van der Waals surface area contributed by atoms with Gasteiger partial charge in [0, 0.05) is 13.0 Å². The minimum atomic E-state index is -4.09. The number of carbonyl (C=O) groups is 1. The minimum absolute atomic E-state index is 0.0713. The van der Waals surface area contributed by atoms with Gasteiger partial charge in [0.25, 0.3) is 0 Å². The van der Waals surface area contributed by atoms with Crippen LogP contribution >= 0.6 is 0 Å². The largest absolute Gasteiger partial charge is 0.389 e. The molecule has 1 aliphatic rings. The van der Waals surface area contributed by atoms with Crippen LogP contribution in [0.15, 0.2) is 0 Å². The van der Waals surface area contributed by atoms with Gasteiger partial charge in [-0.1, -0.05) is 0 Å². The fraction of sp³-hybridized carbons (Fsp3) is 0.900. The van der Waals surface area contributed by atoms with Gasteiger partial charge in [-0.25, -0.2) is 0 Å². The molecule has 1 heterocycles. The van der Waals surface area contributed by atoms with Crippen molar-refractivity contribution in [2.24, 2.45) is 0 Å². The molecule has 0 aromatic carbocycles. The summed E-state index contributed by atoms with van der Waals surface area (Å²) in [5.74, 6) is -0.0930. The second-order valence-corrected chi connectivity index (χ2v) is 4.01. The molecule has 1 aliphatic heterocycles. The third-order valence-corrected chi connectivity index (χ3v) is 2.56. The van der Waals surface area contributed by atoms with E-state index in [9.17, 15) is 18.0 Å². The van der Waals surface area contributed by atoms with Crippen LogP contribution in [-0.4, -0.2) is 31.2 Å². The van der Waals surface area contributed by atoms with Crippen molar-refractivity contribution in [3.05, 3.63) is 0 Å². The van der Waals surface area contributed by atoms with Gasteiger partial charge in [-0.05, 0) is 32.2 Å². The fourth-order valence-corrected chi connectivity index (χ4v) is 1.69. The number of amides is 1. The van der Waals surface area contributed by atoms with Gasteiger partial charge in [-0.3, -0.25) is 4.79 Å². The zero-order chi connectivity index (χ0) is 12.0. The molecular formula is C10H17F3N2O. The predicted molar refractivity (Wildman–Crippen MR) is 53.9 cm³/mol. The van der Waals surface area contributed by atoms with E-state index >= 15 is 0 Å². The van der Waals surface area contributed by atoms with Gasteiger partial charge in [0.15, 0.2) is 0 Å². The van der Waals surface area contributed by atoms with E-state index in [2.05, 4.69) is 10.6 Å². The van der Waals surface area contributed by atoms with Crippen molar-refractivity contribution in [2.45, 2.75) is 44.3 Å². The van der Waals surface area contributed by atoms with E-state index in [-0.39, 0.29) is 18.4 Å². The maximum atomic E-state index is 11.8. The molecule has 16 heavy (non-hydrogen) atoms. The average Bonchev–Trinajstić information content (AvgIpc) is 2.67. The first-order chi connectivity index (χ1) is 7.49. The molecular weight excluding hydrogens is 221 g/mol. The first kappa shape index (κ1) is 13.3. The molecule has 0 aromatic rings. The molecule has 0 bridgehead atoms. The van der Waals surface area contributed by atoms with Crippen molar-refractivity contribution in [1.82, 2.24) is 10.6 Å². The van der Waals surface area contributed by atoms with Gasteiger partial charge in [0.2, 0.25) is 5.91 Å². The lowest BCUT2D eigenvalue weighted by molar-refractivity contribution is -0.135. The smallest absolute Gasteiger partial charge is 0.355 e. The van der Waals surface area contributed by atoms with E-state index in [4.69, 9.17) is 0 Å². The number of unbranched alkanes of at least 4 members (excludes halogenated alkanes) is 1. The lowest BCUT2D eigenvalue weighted by Gasteiger charge is -2.11. The maximum Gasteiger partial charge on any atom is 0.389 e. The first-order valence-corrected chi connectivity index (χ1v) is 5.57. The van der Waals surface area contributed by atoms with E-state index in [1.54, 1.807) is 0 Å². The van der Waals surface area contributed by atoms with Crippen molar-refractivity contribution >= 4 is 5.91 Å². The van der Waals surface area contributed by atoms with Gasteiger partial charge in [-0.15, -0.1) is 0 Å². The molecule has 0 aliphatic carbocycles. The summed E-state index contributed by atoms with van der Waals surface area (Å²) >= 11 is 0. The number of rotatable bonds is 5. The first-order valence-electron chi connectivity index (χ1n) is 5.57. The number of alkyl halides is 3. The Morgan fingerprint density at radius 1 is 1.38 bits per heavy atom. The predicted octanol–water partition coefficient (Wildman–Crippen LogP) is 1.59. The number of hydrogen-bond donors (Lipinski definition) is 2.